The van der Waals surface area contributed by atoms with E-state index in [9.17, 15) is 9.90 Å². The van der Waals surface area contributed by atoms with Crippen LogP contribution in [0.15, 0.2) is 39.4 Å². The molecular weight excluding hydrogens is 322 g/mol. The lowest BCUT2D eigenvalue weighted by atomic mass is 10.1. The molecule has 1 amide bonds. The van der Waals surface area contributed by atoms with Gasteiger partial charge in [0, 0.05) is 13.6 Å². The second-order valence-corrected chi connectivity index (χ2v) is 6.22. The molecule has 0 radical (unpaired) electrons. The molecule has 1 aromatic carbocycles. The van der Waals surface area contributed by atoms with Crippen LogP contribution in [0.4, 0.5) is 0 Å². The van der Waals surface area contributed by atoms with Gasteiger partial charge in [0.1, 0.15) is 16.6 Å². The first-order valence-electron chi connectivity index (χ1n) is 7.64. The molecule has 0 fully saturated rings. The first-order chi connectivity index (χ1) is 11.8. The van der Waals surface area contributed by atoms with Crippen molar-refractivity contribution >= 4 is 16.9 Å². The van der Waals surface area contributed by atoms with Gasteiger partial charge in [0.25, 0.3) is 5.91 Å². The fraction of sp³-hybridized carbons (Fsp3) is 0.278. The second-order valence-electron chi connectivity index (χ2n) is 6.22. The maximum Gasteiger partial charge on any atom is 0.289 e. The van der Waals surface area contributed by atoms with E-state index in [1.807, 2.05) is 12.1 Å². The maximum atomic E-state index is 12.5. The molecule has 0 aliphatic heterocycles. The SMILES string of the molecule is CN(Cc1ccc2nonc2c1)C(=O)c1ccc(C#CC(C)(C)O)o1. The molecule has 0 saturated carbocycles. The number of amides is 1. The van der Waals surface area contributed by atoms with Crippen LogP contribution in [0.3, 0.4) is 0 Å². The highest BCUT2D eigenvalue weighted by Gasteiger charge is 2.17. The summed E-state index contributed by atoms with van der Waals surface area (Å²) in [6.07, 6.45) is 0. The molecule has 7 nitrogen and oxygen atoms in total. The topological polar surface area (TPSA) is 92.6 Å². The number of hydrogen-bond donors (Lipinski definition) is 1. The highest BCUT2D eigenvalue weighted by molar-refractivity contribution is 5.91. The fourth-order valence-corrected chi connectivity index (χ4v) is 2.19. The molecule has 25 heavy (non-hydrogen) atoms. The average Bonchev–Trinajstić information content (AvgIpc) is 3.20. The fourth-order valence-electron chi connectivity index (χ4n) is 2.19. The zero-order chi connectivity index (χ0) is 18.0. The summed E-state index contributed by atoms with van der Waals surface area (Å²) in [5, 5.41) is 17.1. The highest BCUT2D eigenvalue weighted by atomic mass is 16.6. The lowest BCUT2D eigenvalue weighted by molar-refractivity contribution is 0.0753. The number of rotatable bonds is 3. The predicted octanol–water partition coefficient (Wildman–Crippen LogP) is 2.21. The molecule has 0 spiro atoms. The third-order valence-corrected chi connectivity index (χ3v) is 3.39. The maximum absolute atomic E-state index is 12.5. The summed E-state index contributed by atoms with van der Waals surface area (Å²) in [7, 11) is 1.68. The van der Waals surface area contributed by atoms with Gasteiger partial charge in [0.2, 0.25) is 0 Å². The Morgan fingerprint density at radius 3 is 2.76 bits per heavy atom. The van der Waals surface area contributed by atoms with Crippen molar-refractivity contribution in [3.05, 3.63) is 47.4 Å². The minimum absolute atomic E-state index is 0.187. The summed E-state index contributed by atoms with van der Waals surface area (Å²) in [5.41, 5.74) is 1.08. The van der Waals surface area contributed by atoms with Crippen molar-refractivity contribution in [2.24, 2.45) is 0 Å². The molecule has 0 unspecified atom stereocenters. The molecule has 0 bridgehead atoms. The van der Waals surface area contributed by atoms with Crippen molar-refractivity contribution < 1.29 is 18.9 Å². The van der Waals surface area contributed by atoms with E-state index < -0.39 is 5.60 Å². The standard InChI is InChI=1S/C18H17N3O4/c1-18(2,23)9-8-13-5-7-16(24-13)17(22)21(3)11-12-4-6-14-15(10-12)20-25-19-14/h4-7,10,23H,11H2,1-3H3. The van der Waals surface area contributed by atoms with E-state index in [1.54, 1.807) is 39.1 Å². The third kappa shape index (κ3) is 4.05. The highest BCUT2D eigenvalue weighted by Crippen LogP contribution is 2.15. The minimum Gasteiger partial charge on any atom is -0.443 e. The molecule has 2 heterocycles. The number of hydrogen-bond acceptors (Lipinski definition) is 6. The number of nitrogens with zero attached hydrogens (tertiary/aromatic N) is 3. The Kier molecular flexibility index (Phi) is 4.30. The molecule has 3 aromatic rings. The van der Waals surface area contributed by atoms with Gasteiger partial charge in [-0.05, 0) is 59.9 Å². The van der Waals surface area contributed by atoms with Gasteiger partial charge in [-0.25, -0.2) is 4.63 Å². The van der Waals surface area contributed by atoms with Crippen molar-refractivity contribution in [2.75, 3.05) is 7.05 Å². The van der Waals surface area contributed by atoms with Crippen molar-refractivity contribution in [3.8, 4) is 11.8 Å². The van der Waals surface area contributed by atoms with Crippen molar-refractivity contribution in [1.29, 1.82) is 0 Å². The number of aromatic nitrogens is 2. The van der Waals surface area contributed by atoms with Gasteiger partial charge in [-0.15, -0.1) is 0 Å². The van der Waals surface area contributed by atoms with Crippen LogP contribution < -0.4 is 0 Å². The monoisotopic (exact) mass is 339 g/mol. The van der Waals surface area contributed by atoms with Crippen LogP contribution in [-0.2, 0) is 6.54 Å². The zero-order valence-electron chi connectivity index (χ0n) is 14.1. The Morgan fingerprint density at radius 1 is 1.24 bits per heavy atom. The van der Waals surface area contributed by atoms with Crippen molar-refractivity contribution in [1.82, 2.24) is 15.2 Å². The molecule has 2 aromatic heterocycles. The lowest BCUT2D eigenvalue weighted by Gasteiger charge is -2.15. The van der Waals surface area contributed by atoms with Crippen molar-refractivity contribution in [2.45, 2.75) is 26.0 Å². The third-order valence-electron chi connectivity index (χ3n) is 3.39. The minimum atomic E-state index is -1.12. The van der Waals surface area contributed by atoms with E-state index >= 15 is 0 Å². The number of furan rings is 1. The summed E-state index contributed by atoms with van der Waals surface area (Å²) in [6.45, 7) is 3.53. The predicted molar refractivity (Wildman–Crippen MR) is 89.5 cm³/mol. The summed E-state index contributed by atoms with van der Waals surface area (Å²) in [4.78, 5) is 14.0. The quantitative estimate of drug-likeness (QED) is 0.736. The molecule has 0 saturated heterocycles. The van der Waals surface area contributed by atoms with E-state index in [0.29, 0.717) is 23.3 Å². The van der Waals surface area contributed by atoms with Crippen LogP contribution >= 0.6 is 0 Å². The summed E-state index contributed by atoms with van der Waals surface area (Å²) < 4.78 is 10.1. The molecule has 7 heteroatoms. The molecule has 128 valence electrons. The van der Waals surface area contributed by atoms with E-state index in [4.69, 9.17) is 4.42 Å². The molecule has 3 rings (SSSR count). The zero-order valence-corrected chi connectivity index (χ0v) is 14.1. The average molecular weight is 339 g/mol. The summed E-state index contributed by atoms with van der Waals surface area (Å²) in [6, 6.07) is 8.64. The number of carbonyl (C=O) groups excluding carboxylic acids is 1. The molecule has 0 aliphatic rings. The van der Waals surface area contributed by atoms with Crippen LogP contribution in [0.1, 0.15) is 35.7 Å². The number of aliphatic hydroxyl groups is 1. The summed E-state index contributed by atoms with van der Waals surface area (Å²) in [5.74, 6) is 5.59. The number of carbonyl (C=O) groups is 1. The van der Waals surface area contributed by atoms with Gasteiger partial charge >= 0.3 is 0 Å². The lowest BCUT2D eigenvalue weighted by Crippen LogP contribution is -2.25. The van der Waals surface area contributed by atoms with E-state index in [0.717, 1.165) is 5.56 Å². The van der Waals surface area contributed by atoms with Crippen LogP contribution in [0.5, 0.6) is 0 Å². The van der Waals surface area contributed by atoms with Gasteiger partial charge in [-0.2, -0.15) is 0 Å². The second kappa shape index (κ2) is 6.42. The van der Waals surface area contributed by atoms with Crippen LogP contribution in [-0.4, -0.2) is 38.9 Å². The van der Waals surface area contributed by atoms with E-state index in [2.05, 4.69) is 26.8 Å². The van der Waals surface area contributed by atoms with Gasteiger partial charge in [-0.1, -0.05) is 12.0 Å². The van der Waals surface area contributed by atoms with Crippen LogP contribution in [0.2, 0.25) is 0 Å². The van der Waals surface area contributed by atoms with Gasteiger partial charge in [0.15, 0.2) is 11.5 Å². The Morgan fingerprint density at radius 2 is 2.00 bits per heavy atom. The first kappa shape index (κ1) is 16.7. The Hall–Kier alpha value is -3.11. The molecule has 1 N–H and O–H groups in total. The first-order valence-corrected chi connectivity index (χ1v) is 7.64. The normalized spacial score (nSPS) is 11.2. The summed E-state index contributed by atoms with van der Waals surface area (Å²) >= 11 is 0. The van der Waals surface area contributed by atoms with E-state index in [1.165, 1.54) is 4.90 Å². The molecule has 0 aliphatic carbocycles. The number of benzene rings is 1. The number of fused-ring (bicyclic) bond motifs is 1. The largest absolute Gasteiger partial charge is 0.443 e. The Balaban J connectivity index is 1.71. The van der Waals surface area contributed by atoms with Crippen molar-refractivity contribution in [3.63, 3.8) is 0 Å². The Labute approximate surface area is 144 Å². The van der Waals surface area contributed by atoms with Crippen LogP contribution in [0.25, 0.3) is 11.0 Å². The van der Waals surface area contributed by atoms with Crippen LogP contribution in [0, 0.1) is 11.8 Å². The van der Waals surface area contributed by atoms with E-state index in [-0.39, 0.29) is 11.7 Å². The Bertz CT molecular complexity index is 969. The van der Waals surface area contributed by atoms with Gasteiger partial charge in [-0.3, -0.25) is 4.79 Å². The molecule has 0 atom stereocenters. The van der Waals surface area contributed by atoms with Gasteiger partial charge in [0.05, 0.1) is 0 Å². The smallest absolute Gasteiger partial charge is 0.289 e. The molecular formula is C18H17N3O4. The van der Waals surface area contributed by atoms with Gasteiger partial charge < -0.3 is 14.4 Å².